The van der Waals surface area contributed by atoms with Gasteiger partial charge in [0, 0.05) is 38.5 Å². The van der Waals surface area contributed by atoms with Crippen LogP contribution in [0.2, 0.25) is 0 Å². The summed E-state index contributed by atoms with van der Waals surface area (Å²) in [6.45, 7) is 4.41. The molecule has 0 bridgehead atoms. The van der Waals surface area contributed by atoms with Crippen molar-refractivity contribution in [3.8, 4) is 0 Å². The second kappa shape index (κ2) is 6.57. The molecule has 4 rings (SSSR count). The lowest BCUT2D eigenvalue weighted by atomic mass is 9.95. The highest BCUT2D eigenvalue weighted by molar-refractivity contribution is 7.80. The van der Waals surface area contributed by atoms with Crippen molar-refractivity contribution >= 4 is 23.2 Å². The molecule has 0 unspecified atom stereocenters. The summed E-state index contributed by atoms with van der Waals surface area (Å²) in [6.07, 6.45) is 4.28. The zero-order valence-corrected chi connectivity index (χ0v) is 15.5. The molecular weight excluding hydrogens is 332 g/mol. The molecule has 2 aliphatic heterocycles. The number of rotatable bonds is 3. The smallest absolute Gasteiger partial charge is 0.241 e. The zero-order chi connectivity index (χ0) is 17.4. The highest BCUT2D eigenvalue weighted by atomic mass is 32.1. The van der Waals surface area contributed by atoms with E-state index in [-0.39, 0.29) is 17.6 Å². The van der Waals surface area contributed by atoms with Crippen LogP contribution in [-0.4, -0.2) is 51.7 Å². The van der Waals surface area contributed by atoms with Crippen molar-refractivity contribution in [1.82, 2.24) is 20.4 Å². The minimum Gasteiger partial charge on any atom is -0.360 e. The maximum absolute atomic E-state index is 12.8. The van der Waals surface area contributed by atoms with Crippen LogP contribution in [0.5, 0.6) is 0 Å². The van der Waals surface area contributed by atoms with Gasteiger partial charge < -0.3 is 15.1 Å². The quantitative estimate of drug-likeness (QED) is 0.808. The maximum atomic E-state index is 12.8. The van der Waals surface area contributed by atoms with E-state index in [9.17, 15) is 4.79 Å². The summed E-state index contributed by atoms with van der Waals surface area (Å²) < 4.78 is 0. The molecule has 2 saturated heterocycles. The van der Waals surface area contributed by atoms with Crippen LogP contribution in [0.1, 0.15) is 38.2 Å². The van der Waals surface area contributed by atoms with Gasteiger partial charge in [-0.1, -0.05) is 30.3 Å². The summed E-state index contributed by atoms with van der Waals surface area (Å²) in [5.41, 5.74) is 0.942. The second-order valence-corrected chi connectivity index (χ2v) is 7.91. The van der Waals surface area contributed by atoms with E-state index < -0.39 is 0 Å². The van der Waals surface area contributed by atoms with Crippen molar-refractivity contribution in [3.05, 3.63) is 35.9 Å². The number of hydrogen-bond donors (Lipinski definition) is 2. The van der Waals surface area contributed by atoms with Crippen LogP contribution in [0.15, 0.2) is 30.3 Å². The number of amides is 1. The molecule has 134 valence electrons. The molecule has 3 fully saturated rings. The summed E-state index contributed by atoms with van der Waals surface area (Å²) in [5, 5.41) is 7.89. The normalized spacial score (nSPS) is 25.5. The number of carbonyl (C=O) groups excluding carboxylic acids is 1. The molecule has 1 atom stereocenters. The van der Waals surface area contributed by atoms with Crippen molar-refractivity contribution in [2.45, 2.75) is 56.9 Å². The van der Waals surface area contributed by atoms with Gasteiger partial charge in [-0.25, -0.2) is 0 Å². The fraction of sp³-hybridized carbons (Fsp3) is 0.579. The molecule has 1 aromatic carbocycles. The molecule has 2 heterocycles. The Labute approximate surface area is 154 Å². The predicted molar refractivity (Wildman–Crippen MR) is 102 cm³/mol. The molecular formula is C19H26N4OS. The van der Waals surface area contributed by atoms with Crippen LogP contribution < -0.4 is 10.6 Å². The number of thiocarbonyl (C=S) groups is 1. The minimum absolute atomic E-state index is 0.119. The van der Waals surface area contributed by atoms with E-state index in [1.165, 1.54) is 18.4 Å². The molecule has 1 amide bonds. The van der Waals surface area contributed by atoms with Crippen LogP contribution in [0.25, 0.3) is 0 Å². The molecule has 5 nitrogen and oxygen atoms in total. The fourth-order valence-corrected chi connectivity index (χ4v) is 4.32. The van der Waals surface area contributed by atoms with Crippen molar-refractivity contribution in [1.29, 1.82) is 0 Å². The lowest BCUT2D eigenvalue weighted by Crippen LogP contribution is -2.60. The molecule has 1 aliphatic carbocycles. The standard InChI is InChI=1S/C19H26N4OS/c1-14-17(24)23(13-15-5-3-2-4-6-15)19(21-14)9-11-22(12-10-19)18(25)20-16-7-8-16/h2-6,14,16,21H,7-13H2,1H3,(H,20,25)/t14-/m0/s1. The number of hydrogen-bond acceptors (Lipinski definition) is 3. The van der Waals surface area contributed by atoms with E-state index in [1.807, 2.05) is 25.1 Å². The van der Waals surface area contributed by atoms with E-state index >= 15 is 0 Å². The Morgan fingerprint density at radius 2 is 1.96 bits per heavy atom. The van der Waals surface area contributed by atoms with Crippen molar-refractivity contribution in [2.75, 3.05) is 13.1 Å². The topological polar surface area (TPSA) is 47.6 Å². The third-order valence-electron chi connectivity index (χ3n) is 5.60. The summed E-state index contributed by atoms with van der Waals surface area (Å²) >= 11 is 5.55. The van der Waals surface area contributed by atoms with Crippen LogP contribution in [0.4, 0.5) is 0 Å². The van der Waals surface area contributed by atoms with Gasteiger partial charge in [0.05, 0.1) is 11.7 Å². The van der Waals surface area contributed by atoms with E-state index in [4.69, 9.17) is 12.2 Å². The van der Waals surface area contributed by atoms with E-state index in [0.29, 0.717) is 12.6 Å². The molecule has 3 aliphatic rings. The van der Waals surface area contributed by atoms with E-state index in [0.717, 1.165) is 31.0 Å². The van der Waals surface area contributed by atoms with Gasteiger partial charge in [-0.3, -0.25) is 10.1 Å². The number of benzene rings is 1. The van der Waals surface area contributed by atoms with E-state index in [2.05, 4.69) is 32.6 Å². The highest BCUT2D eigenvalue weighted by Gasteiger charge is 2.50. The van der Waals surface area contributed by atoms with Gasteiger partial charge in [-0.05, 0) is 37.5 Å². The Kier molecular flexibility index (Phi) is 4.41. The first-order chi connectivity index (χ1) is 12.1. The average molecular weight is 359 g/mol. The minimum atomic E-state index is -0.238. The van der Waals surface area contributed by atoms with Gasteiger partial charge in [0.1, 0.15) is 0 Å². The second-order valence-electron chi connectivity index (χ2n) is 7.52. The number of likely N-dealkylation sites (tertiary alicyclic amines) is 1. The third kappa shape index (κ3) is 3.37. The van der Waals surface area contributed by atoms with Crippen molar-refractivity contribution in [3.63, 3.8) is 0 Å². The summed E-state index contributed by atoms with van der Waals surface area (Å²) in [5.74, 6) is 0.205. The lowest BCUT2D eigenvalue weighted by Gasteiger charge is -2.45. The molecule has 0 aromatic heterocycles. The zero-order valence-electron chi connectivity index (χ0n) is 14.7. The molecule has 1 aromatic rings. The SMILES string of the molecule is C[C@@H]1NC2(CCN(C(=S)NC3CC3)CC2)N(Cc2ccccc2)C1=O. The number of nitrogens with zero attached hydrogens (tertiary/aromatic N) is 2. The summed E-state index contributed by atoms with van der Waals surface area (Å²) in [7, 11) is 0. The third-order valence-corrected chi connectivity index (χ3v) is 5.98. The first-order valence-electron chi connectivity index (χ1n) is 9.26. The fourth-order valence-electron chi connectivity index (χ4n) is 3.97. The Bertz CT molecular complexity index is 653. The predicted octanol–water partition coefficient (Wildman–Crippen LogP) is 1.84. The summed E-state index contributed by atoms with van der Waals surface area (Å²) in [6, 6.07) is 10.7. The van der Waals surface area contributed by atoms with Crippen LogP contribution in [0.3, 0.4) is 0 Å². The molecule has 1 saturated carbocycles. The average Bonchev–Trinajstić information content (AvgIpc) is 3.40. The Hall–Kier alpha value is -1.66. The lowest BCUT2D eigenvalue weighted by molar-refractivity contribution is -0.133. The van der Waals surface area contributed by atoms with Gasteiger partial charge >= 0.3 is 0 Å². The van der Waals surface area contributed by atoms with Crippen LogP contribution >= 0.6 is 12.2 Å². The number of nitrogens with one attached hydrogen (secondary N) is 2. The maximum Gasteiger partial charge on any atom is 0.241 e. The van der Waals surface area contributed by atoms with Gasteiger partial charge in [0.15, 0.2) is 5.11 Å². The Morgan fingerprint density at radius 1 is 1.28 bits per heavy atom. The number of carbonyl (C=O) groups is 1. The molecule has 25 heavy (non-hydrogen) atoms. The molecule has 6 heteroatoms. The van der Waals surface area contributed by atoms with Gasteiger partial charge in [-0.2, -0.15) is 0 Å². The Balaban J connectivity index is 1.45. The first-order valence-corrected chi connectivity index (χ1v) is 9.67. The monoisotopic (exact) mass is 358 g/mol. The van der Waals surface area contributed by atoms with Crippen LogP contribution in [-0.2, 0) is 11.3 Å². The molecule has 0 radical (unpaired) electrons. The number of piperidine rings is 1. The van der Waals surface area contributed by atoms with Gasteiger partial charge in [0.25, 0.3) is 0 Å². The first kappa shape index (κ1) is 16.8. The van der Waals surface area contributed by atoms with Gasteiger partial charge in [-0.15, -0.1) is 0 Å². The molecule has 2 N–H and O–H groups in total. The van der Waals surface area contributed by atoms with Gasteiger partial charge in [0.2, 0.25) is 5.91 Å². The molecule has 1 spiro atoms. The highest BCUT2D eigenvalue weighted by Crippen LogP contribution is 2.34. The van der Waals surface area contributed by atoms with Crippen molar-refractivity contribution < 1.29 is 4.79 Å². The Morgan fingerprint density at radius 3 is 2.60 bits per heavy atom. The van der Waals surface area contributed by atoms with Crippen LogP contribution in [0, 0.1) is 0 Å². The van der Waals surface area contributed by atoms with Crippen molar-refractivity contribution in [2.24, 2.45) is 0 Å². The van der Waals surface area contributed by atoms with E-state index in [1.54, 1.807) is 0 Å². The largest absolute Gasteiger partial charge is 0.360 e. The summed E-state index contributed by atoms with van der Waals surface area (Å²) in [4.78, 5) is 17.1.